The molecule has 28 heavy (non-hydrogen) atoms. The van der Waals surface area contributed by atoms with Crippen LogP contribution in [0.15, 0.2) is 60.0 Å². The van der Waals surface area contributed by atoms with E-state index in [0.717, 1.165) is 0 Å². The third-order valence-corrected chi connectivity index (χ3v) is 5.78. The van der Waals surface area contributed by atoms with Crippen LogP contribution in [-0.2, 0) is 4.79 Å². The number of anilines is 1. The molecule has 0 fully saturated rings. The number of carbonyl (C=O) groups excluding carboxylic acids is 1. The summed E-state index contributed by atoms with van der Waals surface area (Å²) < 4.78 is 10.7. The normalized spacial score (nSPS) is 14.5. The van der Waals surface area contributed by atoms with Crippen molar-refractivity contribution in [2.24, 2.45) is 0 Å². The number of amides is 1. The molecule has 2 atom stereocenters. The van der Waals surface area contributed by atoms with Crippen LogP contribution in [-0.4, -0.2) is 18.7 Å². The molecule has 1 aliphatic heterocycles. The van der Waals surface area contributed by atoms with Crippen molar-refractivity contribution in [2.45, 2.75) is 25.9 Å². The van der Waals surface area contributed by atoms with E-state index in [1.165, 1.54) is 16.0 Å². The monoisotopic (exact) mass is 395 g/mol. The molecule has 3 aromatic rings. The standard InChI is InChI=1S/C22H22N2O3S/c1-14-5-7-16(8-6-14)21(20-4-3-11-28-20)23-15(2)22(25)24-17-9-10-18-19(12-17)27-13-26-18/h3-12,15,21,23H,13H2,1-2H3,(H,24,25)/p+1/t15-,21-/m0/s1. The number of ether oxygens (including phenoxy) is 2. The molecule has 1 aromatic heterocycles. The van der Waals surface area contributed by atoms with E-state index in [1.807, 2.05) is 25.1 Å². The number of nitrogens with one attached hydrogen (secondary N) is 1. The van der Waals surface area contributed by atoms with Gasteiger partial charge in [0.05, 0.1) is 4.88 Å². The number of hydrogen-bond acceptors (Lipinski definition) is 4. The molecule has 1 amide bonds. The number of thiophene rings is 1. The fourth-order valence-corrected chi connectivity index (χ4v) is 4.05. The molecule has 2 heterocycles. The van der Waals surface area contributed by atoms with E-state index in [9.17, 15) is 4.79 Å². The van der Waals surface area contributed by atoms with Crippen molar-refractivity contribution >= 4 is 22.9 Å². The molecule has 6 heteroatoms. The minimum atomic E-state index is -0.265. The fraction of sp³-hybridized carbons (Fsp3) is 0.227. The molecule has 1 aliphatic rings. The van der Waals surface area contributed by atoms with Crippen molar-refractivity contribution in [1.29, 1.82) is 0 Å². The van der Waals surface area contributed by atoms with Gasteiger partial charge in [-0.1, -0.05) is 35.9 Å². The average Bonchev–Trinajstić information content (AvgIpc) is 3.38. The zero-order valence-electron chi connectivity index (χ0n) is 15.8. The summed E-state index contributed by atoms with van der Waals surface area (Å²) in [5, 5.41) is 7.16. The molecule has 144 valence electrons. The Labute approximate surface area is 168 Å². The summed E-state index contributed by atoms with van der Waals surface area (Å²) in [7, 11) is 0. The van der Waals surface area contributed by atoms with Crippen LogP contribution < -0.4 is 20.1 Å². The maximum absolute atomic E-state index is 12.8. The van der Waals surface area contributed by atoms with Crippen molar-refractivity contribution in [3.8, 4) is 11.5 Å². The molecule has 0 saturated heterocycles. The summed E-state index contributed by atoms with van der Waals surface area (Å²) in [4.78, 5) is 14.0. The van der Waals surface area contributed by atoms with Crippen LogP contribution in [0.25, 0.3) is 0 Å². The lowest BCUT2D eigenvalue weighted by molar-refractivity contribution is -0.703. The highest BCUT2D eigenvalue weighted by Crippen LogP contribution is 2.34. The van der Waals surface area contributed by atoms with E-state index in [2.05, 4.69) is 53.3 Å². The van der Waals surface area contributed by atoms with Crippen molar-refractivity contribution in [2.75, 3.05) is 12.1 Å². The Balaban J connectivity index is 1.48. The molecule has 0 saturated carbocycles. The zero-order chi connectivity index (χ0) is 19.5. The lowest BCUT2D eigenvalue weighted by Gasteiger charge is -2.19. The van der Waals surface area contributed by atoms with Crippen molar-refractivity contribution in [3.05, 3.63) is 76.0 Å². The Morgan fingerprint density at radius 1 is 1.11 bits per heavy atom. The van der Waals surface area contributed by atoms with Gasteiger partial charge in [-0.3, -0.25) is 4.79 Å². The molecule has 0 radical (unpaired) electrons. The summed E-state index contributed by atoms with van der Waals surface area (Å²) in [6.07, 6.45) is 0. The van der Waals surface area contributed by atoms with Crippen LogP contribution in [0.3, 0.4) is 0 Å². The van der Waals surface area contributed by atoms with E-state index in [0.29, 0.717) is 17.2 Å². The molecular weight excluding hydrogens is 372 g/mol. The molecule has 4 rings (SSSR count). The van der Waals surface area contributed by atoms with Gasteiger partial charge < -0.3 is 20.1 Å². The third-order valence-electron chi connectivity index (χ3n) is 4.82. The van der Waals surface area contributed by atoms with Crippen molar-refractivity contribution < 1.29 is 19.6 Å². The Kier molecular flexibility index (Phi) is 5.32. The first-order chi connectivity index (χ1) is 13.6. The summed E-state index contributed by atoms with van der Waals surface area (Å²) in [5.41, 5.74) is 3.12. The lowest BCUT2D eigenvalue weighted by Crippen LogP contribution is -2.92. The molecule has 0 unspecified atom stereocenters. The van der Waals surface area contributed by atoms with Gasteiger partial charge in [0.1, 0.15) is 6.04 Å². The number of benzene rings is 2. The van der Waals surface area contributed by atoms with Gasteiger partial charge >= 0.3 is 0 Å². The quantitative estimate of drug-likeness (QED) is 0.672. The molecular formula is C22H23N2O3S+. The van der Waals surface area contributed by atoms with Gasteiger partial charge in [-0.2, -0.15) is 0 Å². The third kappa shape index (κ3) is 4.03. The first-order valence-corrected chi connectivity index (χ1v) is 10.1. The number of fused-ring (bicyclic) bond motifs is 1. The van der Waals surface area contributed by atoms with Gasteiger partial charge in [-0.05, 0) is 37.4 Å². The Morgan fingerprint density at radius 3 is 2.64 bits per heavy atom. The summed E-state index contributed by atoms with van der Waals surface area (Å²) in [5.74, 6) is 1.31. The highest BCUT2D eigenvalue weighted by Gasteiger charge is 2.26. The van der Waals surface area contributed by atoms with Crippen LogP contribution in [0.1, 0.15) is 29.0 Å². The largest absolute Gasteiger partial charge is 0.454 e. The first-order valence-electron chi connectivity index (χ1n) is 9.25. The summed E-state index contributed by atoms with van der Waals surface area (Å²) in [6, 6.07) is 17.9. The smallest absolute Gasteiger partial charge is 0.282 e. The average molecular weight is 396 g/mol. The summed E-state index contributed by atoms with van der Waals surface area (Å²) >= 11 is 1.71. The van der Waals surface area contributed by atoms with E-state index < -0.39 is 0 Å². The van der Waals surface area contributed by atoms with Crippen molar-refractivity contribution in [1.82, 2.24) is 0 Å². The second kappa shape index (κ2) is 8.04. The molecule has 0 spiro atoms. The van der Waals surface area contributed by atoms with E-state index >= 15 is 0 Å². The first kappa shape index (κ1) is 18.5. The van der Waals surface area contributed by atoms with Crippen LogP contribution in [0.2, 0.25) is 0 Å². The van der Waals surface area contributed by atoms with Crippen LogP contribution in [0.4, 0.5) is 5.69 Å². The second-order valence-corrected chi connectivity index (χ2v) is 7.92. The van der Waals surface area contributed by atoms with Gasteiger partial charge in [0.2, 0.25) is 6.79 Å². The number of rotatable bonds is 6. The van der Waals surface area contributed by atoms with Gasteiger partial charge in [0, 0.05) is 17.3 Å². The Bertz CT molecular complexity index is 954. The Morgan fingerprint density at radius 2 is 1.89 bits per heavy atom. The minimum Gasteiger partial charge on any atom is -0.454 e. The minimum absolute atomic E-state index is 0.0486. The predicted octanol–water partition coefficient (Wildman–Crippen LogP) is 3.47. The maximum atomic E-state index is 12.8. The van der Waals surface area contributed by atoms with Crippen LogP contribution in [0.5, 0.6) is 11.5 Å². The highest BCUT2D eigenvalue weighted by molar-refractivity contribution is 7.10. The molecule has 5 nitrogen and oxygen atoms in total. The predicted molar refractivity (Wildman–Crippen MR) is 110 cm³/mol. The SMILES string of the molecule is Cc1ccc([C@H]([NH2+][C@@H](C)C(=O)Nc2ccc3c(c2)OCO3)c2cccs2)cc1. The number of nitrogens with two attached hydrogens (primary N) is 1. The van der Waals surface area contributed by atoms with E-state index in [1.54, 1.807) is 17.4 Å². The van der Waals surface area contributed by atoms with Gasteiger partial charge in [0.25, 0.3) is 5.91 Å². The molecule has 3 N–H and O–H groups in total. The van der Waals surface area contributed by atoms with Crippen molar-refractivity contribution in [3.63, 3.8) is 0 Å². The number of hydrogen-bond donors (Lipinski definition) is 2. The number of quaternary nitrogens is 1. The fourth-order valence-electron chi connectivity index (χ4n) is 3.22. The van der Waals surface area contributed by atoms with E-state index in [4.69, 9.17) is 9.47 Å². The van der Waals surface area contributed by atoms with E-state index in [-0.39, 0.29) is 24.8 Å². The van der Waals surface area contributed by atoms with Gasteiger partial charge in [0.15, 0.2) is 17.5 Å². The lowest BCUT2D eigenvalue weighted by atomic mass is 10.0. The van der Waals surface area contributed by atoms with Gasteiger partial charge in [-0.25, -0.2) is 0 Å². The Hall–Kier alpha value is -2.83. The molecule has 2 aromatic carbocycles. The molecule has 0 aliphatic carbocycles. The van der Waals surface area contributed by atoms with Crippen LogP contribution >= 0.6 is 11.3 Å². The van der Waals surface area contributed by atoms with Crippen LogP contribution in [0, 0.1) is 6.92 Å². The maximum Gasteiger partial charge on any atom is 0.282 e. The van der Waals surface area contributed by atoms with Gasteiger partial charge in [-0.15, -0.1) is 11.3 Å². The molecule has 0 bridgehead atoms. The number of carbonyl (C=O) groups is 1. The highest BCUT2D eigenvalue weighted by atomic mass is 32.1. The number of aryl methyl sites for hydroxylation is 1. The zero-order valence-corrected chi connectivity index (χ0v) is 16.7. The second-order valence-electron chi connectivity index (χ2n) is 6.94. The summed E-state index contributed by atoms with van der Waals surface area (Å²) in [6.45, 7) is 4.22. The topological polar surface area (TPSA) is 64.2 Å².